The topological polar surface area (TPSA) is 26.3 Å². The molecule has 0 aromatic heterocycles. The Kier molecular flexibility index (Phi) is 4.85. The minimum absolute atomic E-state index is 0.239. The number of ether oxygens (including phenoxy) is 1. The van der Waals surface area contributed by atoms with E-state index in [4.69, 9.17) is 4.74 Å². The lowest BCUT2D eigenvalue weighted by molar-refractivity contribution is -0.139. The third kappa shape index (κ3) is 3.37. The van der Waals surface area contributed by atoms with E-state index < -0.39 is 0 Å². The Bertz CT molecular complexity index is 308. The Labute approximate surface area is 111 Å². The molecule has 2 heteroatoms. The molecule has 0 aliphatic heterocycles. The van der Waals surface area contributed by atoms with E-state index in [9.17, 15) is 4.79 Å². The van der Waals surface area contributed by atoms with Gasteiger partial charge in [0, 0.05) is 5.57 Å². The van der Waals surface area contributed by atoms with E-state index in [0.717, 1.165) is 24.2 Å². The molecule has 2 aliphatic rings. The second-order valence-corrected chi connectivity index (χ2v) is 6.10. The number of fused-ring (bicyclic) bond motifs is 1. The van der Waals surface area contributed by atoms with Crippen LogP contribution in [0.5, 0.6) is 0 Å². The predicted molar refractivity (Wildman–Crippen MR) is 73.2 cm³/mol. The standard InChI is InChI=1S/C16H26O2/c1-12(2)16(17)18-11-5-7-14-10-9-13-6-3-4-8-15(13)14/h13-15H,1,3-11H2,2H3. The summed E-state index contributed by atoms with van der Waals surface area (Å²) >= 11 is 0. The molecule has 2 fully saturated rings. The van der Waals surface area contributed by atoms with Gasteiger partial charge in [-0.05, 0) is 56.8 Å². The fourth-order valence-corrected chi connectivity index (χ4v) is 3.85. The predicted octanol–water partition coefficient (Wildman–Crippen LogP) is 4.10. The van der Waals surface area contributed by atoms with Gasteiger partial charge in [-0.1, -0.05) is 25.8 Å². The first kappa shape index (κ1) is 13.6. The van der Waals surface area contributed by atoms with Crippen LogP contribution in [0.25, 0.3) is 0 Å². The van der Waals surface area contributed by atoms with Gasteiger partial charge in [-0.3, -0.25) is 0 Å². The van der Waals surface area contributed by atoms with E-state index in [1.54, 1.807) is 6.92 Å². The minimum Gasteiger partial charge on any atom is -0.462 e. The lowest BCUT2D eigenvalue weighted by Gasteiger charge is -2.29. The Balaban J connectivity index is 1.65. The van der Waals surface area contributed by atoms with Crippen LogP contribution < -0.4 is 0 Å². The highest BCUT2D eigenvalue weighted by molar-refractivity contribution is 5.86. The largest absolute Gasteiger partial charge is 0.462 e. The van der Waals surface area contributed by atoms with Gasteiger partial charge < -0.3 is 4.74 Å². The maximum absolute atomic E-state index is 11.2. The van der Waals surface area contributed by atoms with Crippen LogP contribution in [0, 0.1) is 17.8 Å². The molecule has 3 atom stereocenters. The van der Waals surface area contributed by atoms with Crippen LogP contribution in [0.4, 0.5) is 0 Å². The van der Waals surface area contributed by atoms with Crippen molar-refractivity contribution in [2.75, 3.05) is 6.61 Å². The molecule has 0 saturated heterocycles. The van der Waals surface area contributed by atoms with E-state index in [1.165, 1.54) is 44.9 Å². The van der Waals surface area contributed by atoms with Gasteiger partial charge in [0.1, 0.15) is 0 Å². The number of hydrogen-bond acceptors (Lipinski definition) is 2. The molecule has 18 heavy (non-hydrogen) atoms. The van der Waals surface area contributed by atoms with E-state index in [-0.39, 0.29) is 5.97 Å². The number of carbonyl (C=O) groups excluding carboxylic acids is 1. The van der Waals surface area contributed by atoms with Crippen LogP contribution in [0.3, 0.4) is 0 Å². The maximum Gasteiger partial charge on any atom is 0.333 e. The van der Waals surface area contributed by atoms with Crippen LogP contribution in [-0.4, -0.2) is 12.6 Å². The summed E-state index contributed by atoms with van der Waals surface area (Å²) in [5, 5.41) is 0. The van der Waals surface area contributed by atoms with Gasteiger partial charge in [0.25, 0.3) is 0 Å². The second kappa shape index (κ2) is 6.40. The van der Waals surface area contributed by atoms with E-state index in [2.05, 4.69) is 6.58 Å². The Morgan fingerprint density at radius 1 is 1.22 bits per heavy atom. The Morgan fingerprint density at radius 2 is 2.00 bits per heavy atom. The number of hydrogen-bond donors (Lipinski definition) is 0. The molecule has 0 aromatic carbocycles. The summed E-state index contributed by atoms with van der Waals surface area (Å²) in [7, 11) is 0. The SMILES string of the molecule is C=C(C)C(=O)OCCCC1CCC2CCCCC21. The smallest absolute Gasteiger partial charge is 0.333 e. The van der Waals surface area contributed by atoms with Crippen LogP contribution in [0.15, 0.2) is 12.2 Å². The fourth-order valence-electron chi connectivity index (χ4n) is 3.85. The molecule has 0 bridgehead atoms. The van der Waals surface area contributed by atoms with Crippen LogP contribution in [0.2, 0.25) is 0 Å². The summed E-state index contributed by atoms with van der Waals surface area (Å²) < 4.78 is 5.16. The van der Waals surface area contributed by atoms with Crippen molar-refractivity contribution < 1.29 is 9.53 Å². The molecule has 2 aliphatic carbocycles. The van der Waals surface area contributed by atoms with E-state index in [0.29, 0.717) is 12.2 Å². The lowest BCUT2D eigenvalue weighted by atomic mass is 9.77. The highest BCUT2D eigenvalue weighted by Crippen LogP contribution is 2.47. The van der Waals surface area contributed by atoms with Crippen LogP contribution in [0.1, 0.15) is 58.3 Å². The normalized spacial score (nSPS) is 30.8. The molecule has 2 nitrogen and oxygen atoms in total. The van der Waals surface area contributed by atoms with Crippen molar-refractivity contribution in [2.45, 2.75) is 58.3 Å². The van der Waals surface area contributed by atoms with Gasteiger partial charge in [0.2, 0.25) is 0 Å². The van der Waals surface area contributed by atoms with Crippen molar-refractivity contribution in [1.29, 1.82) is 0 Å². The first-order chi connectivity index (χ1) is 8.68. The van der Waals surface area contributed by atoms with E-state index in [1.807, 2.05) is 0 Å². The first-order valence-corrected chi connectivity index (χ1v) is 7.51. The average Bonchev–Trinajstić information content (AvgIpc) is 2.77. The molecule has 0 radical (unpaired) electrons. The fraction of sp³-hybridized carbons (Fsp3) is 0.812. The van der Waals surface area contributed by atoms with Gasteiger partial charge in [0.15, 0.2) is 0 Å². The van der Waals surface area contributed by atoms with Gasteiger partial charge in [-0.2, -0.15) is 0 Å². The average molecular weight is 250 g/mol. The van der Waals surface area contributed by atoms with Crippen molar-refractivity contribution in [1.82, 2.24) is 0 Å². The zero-order chi connectivity index (χ0) is 13.0. The van der Waals surface area contributed by atoms with E-state index >= 15 is 0 Å². The number of carbonyl (C=O) groups is 1. The van der Waals surface area contributed by atoms with Crippen molar-refractivity contribution in [3.05, 3.63) is 12.2 Å². The molecule has 0 amide bonds. The Hall–Kier alpha value is -0.790. The zero-order valence-corrected chi connectivity index (χ0v) is 11.6. The highest BCUT2D eigenvalue weighted by Gasteiger charge is 2.36. The summed E-state index contributed by atoms with van der Waals surface area (Å²) in [6.45, 7) is 5.86. The van der Waals surface area contributed by atoms with Crippen molar-refractivity contribution in [3.8, 4) is 0 Å². The second-order valence-electron chi connectivity index (χ2n) is 6.10. The molecule has 0 spiro atoms. The molecule has 102 valence electrons. The van der Waals surface area contributed by atoms with Crippen molar-refractivity contribution in [2.24, 2.45) is 17.8 Å². The summed E-state index contributed by atoms with van der Waals surface area (Å²) in [5.74, 6) is 2.66. The van der Waals surface area contributed by atoms with Crippen molar-refractivity contribution in [3.63, 3.8) is 0 Å². The zero-order valence-electron chi connectivity index (χ0n) is 11.6. The minimum atomic E-state index is -0.239. The molecule has 2 saturated carbocycles. The summed E-state index contributed by atoms with van der Waals surface area (Å²) in [4.78, 5) is 11.2. The molecule has 0 N–H and O–H groups in total. The Morgan fingerprint density at radius 3 is 2.78 bits per heavy atom. The number of esters is 1. The summed E-state index contributed by atoms with van der Waals surface area (Å²) in [5.41, 5.74) is 0.503. The van der Waals surface area contributed by atoms with Gasteiger partial charge in [-0.15, -0.1) is 0 Å². The van der Waals surface area contributed by atoms with Gasteiger partial charge >= 0.3 is 5.97 Å². The molecular formula is C16H26O2. The highest BCUT2D eigenvalue weighted by atomic mass is 16.5. The number of rotatable bonds is 5. The van der Waals surface area contributed by atoms with Gasteiger partial charge in [0.05, 0.1) is 6.61 Å². The molecule has 0 heterocycles. The van der Waals surface area contributed by atoms with Crippen LogP contribution >= 0.6 is 0 Å². The third-order valence-electron chi connectivity index (χ3n) is 4.78. The molecule has 3 unspecified atom stereocenters. The van der Waals surface area contributed by atoms with Crippen molar-refractivity contribution >= 4 is 5.97 Å². The van der Waals surface area contributed by atoms with Crippen LogP contribution in [-0.2, 0) is 9.53 Å². The molecular weight excluding hydrogens is 224 g/mol. The summed E-state index contributed by atoms with van der Waals surface area (Å²) in [6.07, 6.45) is 10.9. The molecule has 0 aromatic rings. The lowest BCUT2D eigenvalue weighted by Crippen LogP contribution is -2.19. The third-order valence-corrected chi connectivity index (χ3v) is 4.78. The molecule has 2 rings (SSSR count). The quantitative estimate of drug-likeness (QED) is 0.417. The maximum atomic E-state index is 11.2. The monoisotopic (exact) mass is 250 g/mol. The first-order valence-electron chi connectivity index (χ1n) is 7.51. The summed E-state index contributed by atoms with van der Waals surface area (Å²) in [6, 6.07) is 0. The van der Waals surface area contributed by atoms with Gasteiger partial charge in [-0.25, -0.2) is 4.79 Å².